The van der Waals surface area contributed by atoms with Crippen LogP contribution in [-0.4, -0.2) is 41.6 Å². The molecule has 1 aliphatic carbocycles. The molecule has 0 bridgehead atoms. The van der Waals surface area contributed by atoms with E-state index in [0.717, 1.165) is 25.7 Å². The Bertz CT molecular complexity index is 356. The second-order valence-electron chi connectivity index (χ2n) is 5.03. The molecule has 4 N–H and O–H groups in total. The number of amides is 3. The van der Waals surface area contributed by atoms with Gasteiger partial charge in [-0.1, -0.05) is 19.8 Å². The Morgan fingerprint density at radius 3 is 2.55 bits per heavy atom. The third-order valence-electron chi connectivity index (χ3n) is 3.03. The maximum absolute atomic E-state index is 11.5. The molecule has 0 unspecified atom stereocenters. The maximum atomic E-state index is 11.5. The van der Waals surface area contributed by atoms with Crippen molar-refractivity contribution in [1.82, 2.24) is 16.0 Å². The minimum Gasteiger partial charge on any atom is -0.480 e. The third-order valence-corrected chi connectivity index (χ3v) is 3.03. The van der Waals surface area contributed by atoms with Crippen molar-refractivity contribution in [2.45, 2.75) is 57.5 Å². The van der Waals surface area contributed by atoms with Crippen LogP contribution in [0.25, 0.3) is 0 Å². The number of hydrogen-bond acceptors (Lipinski definition) is 3. The van der Waals surface area contributed by atoms with Gasteiger partial charge in [-0.15, -0.1) is 0 Å². The molecule has 0 saturated heterocycles. The van der Waals surface area contributed by atoms with Crippen LogP contribution in [0.1, 0.15) is 45.4 Å². The van der Waals surface area contributed by atoms with Crippen molar-refractivity contribution >= 4 is 17.9 Å². The van der Waals surface area contributed by atoms with Gasteiger partial charge in [-0.3, -0.25) is 4.79 Å². The number of carbonyl (C=O) groups is 3. The van der Waals surface area contributed by atoms with Gasteiger partial charge in [-0.25, -0.2) is 9.59 Å². The molecule has 1 atom stereocenters. The lowest BCUT2D eigenvalue weighted by molar-refractivity contribution is -0.139. The van der Waals surface area contributed by atoms with E-state index in [0.29, 0.717) is 12.5 Å². The normalized spacial score (nSPS) is 15.2. The van der Waals surface area contributed by atoms with Gasteiger partial charge in [0.15, 0.2) is 0 Å². The zero-order chi connectivity index (χ0) is 15.0. The van der Waals surface area contributed by atoms with Crippen LogP contribution in [0.3, 0.4) is 0 Å². The van der Waals surface area contributed by atoms with E-state index >= 15 is 0 Å². The largest absolute Gasteiger partial charge is 0.480 e. The number of carboxylic acids is 1. The first-order chi connectivity index (χ1) is 9.52. The molecule has 1 saturated carbocycles. The Balaban J connectivity index is 2.16. The summed E-state index contributed by atoms with van der Waals surface area (Å²) in [4.78, 5) is 33.8. The zero-order valence-electron chi connectivity index (χ0n) is 11.8. The van der Waals surface area contributed by atoms with Crippen molar-refractivity contribution < 1.29 is 19.5 Å². The van der Waals surface area contributed by atoms with Crippen LogP contribution < -0.4 is 16.0 Å². The Morgan fingerprint density at radius 2 is 2.00 bits per heavy atom. The fraction of sp³-hybridized carbons (Fsp3) is 0.769. The van der Waals surface area contributed by atoms with Gasteiger partial charge in [0.05, 0.1) is 0 Å². The first-order valence-corrected chi connectivity index (χ1v) is 7.09. The highest BCUT2D eigenvalue weighted by molar-refractivity contribution is 5.83. The van der Waals surface area contributed by atoms with Crippen molar-refractivity contribution in [3.05, 3.63) is 0 Å². The summed E-state index contributed by atoms with van der Waals surface area (Å²) in [6.07, 6.45) is 4.27. The van der Waals surface area contributed by atoms with Crippen LogP contribution in [0.5, 0.6) is 0 Å². The molecule has 20 heavy (non-hydrogen) atoms. The van der Waals surface area contributed by atoms with E-state index in [1.165, 1.54) is 0 Å². The molecular weight excluding hydrogens is 262 g/mol. The van der Waals surface area contributed by atoms with Gasteiger partial charge in [0.1, 0.15) is 6.04 Å². The van der Waals surface area contributed by atoms with E-state index in [1.54, 1.807) is 0 Å². The average molecular weight is 285 g/mol. The molecule has 0 spiro atoms. The number of carbonyl (C=O) groups excluding carboxylic acids is 2. The van der Waals surface area contributed by atoms with Crippen molar-refractivity contribution in [1.29, 1.82) is 0 Å². The summed E-state index contributed by atoms with van der Waals surface area (Å²) in [5.41, 5.74) is 0. The Morgan fingerprint density at radius 1 is 1.30 bits per heavy atom. The maximum Gasteiger partial charge on any atom is 0.326 e. The van der Waals surface area contributed by atoms with Gasteiger partial charge in [-0.2, -0.15) is 0 Å². The molecule has 1 fully saturated rings. The number of aliphatic carboxylic acids is 1. The lowest BCUT2D eigenvalue weighted by atomic mass is 10.1. The molecule has 3 amide bonds. The van der Waals surface area contributed by atoms with Gasteiger partial charge in [0.25, 0.3) is 0 Å². The topological polar surface area (TPSA) is 108 Å². The Labute approximate surface area is 118 Å². The van der Waals surface area contributed by atoms with E-state index in [9.17, 15) is 14.4 Å². The number of carboxylic acid groups (broad SMARTS) is 1. The highest BCUT2D eigenvalue weighted by Crippen LogP contribution is 2.18. The SMILES string of the molecule is CCCC[C@H](NC(=O)NCCC(=O)NC1CC1)C(=O)O. The summed E-state index contributed by atoms with van der Waals surface area (Å²) in [7, 11) is 0. The molecule has 1 rings (SSSR count). The molecule has 0 heterocycles. The fourth-order valence-electron chi connectivity index (χ4n) is 1.69. The first kappa shape index (κ1) is 16.3. The Kier molecular flexibility index (Phi) is 6.83. The summed E-state index contributed by atoms with van der Waals surface area (Å²) in [5.74, 6) is -1.13. The molecule has 7 heteroatoms. The van der Waals surface area contributed by atoms with E-state index in [-0.39, 0.29) is 18.9 Å². The first-order valence-electron chi connectivity index (χ1n) is 7.09. The lowest BCUT2D eigenvalue weighted by Gasteiger charge is -2.14. The summed E-state index contributed by atoms with van der Waals surface area (Å²) < 4.78 is 0. The highest BCUT2D eigenvalue weighted by Gasteiger charge is 2.23. The van der Waals surface area contributed by atoms with Crippen molar-refractivity contribution in [2.24, 2.45) is 0 Å². The molecule has 0 radical (unpaired) electrons. The monoisotopic (exact) mass is 285 g/mol. The summed E-state index contributed by atoms with van der Waals surface area (Å²) in [5, 5.41) is 16.7. The van der Waals surface area contributed by atoms with Gasteiger partial charge >= 0.3 is 12.0 Å². The summed E-state index contributed by atoms with van der Waals surface area (Å²) in [6.45, 7) is 2.15. The van der Waals surface area contributed by atoms with Gasteiger partial charge in [-0.05, 0) is 19.3 Å². The quantitative estimate of drug-likeness (QED) is 0.497. The van der Waals surface area contributed by atoms with E-state index in [2.05, 4.69) is 16.0 Å². The second kappa shape index (κ2) is 8.39. The standard InChI is InChI=1S/C13H23N3O4/c1-2-3-4-10(12(18)19)16-13(20)14-8-7-11(17)15-9-5-6-9/h9-10H,2-8H2,1H3,(H,15,17)(H,18,19)(H2,14,16,20)/t10-/m0/s1. The van der Waals surface area contributed by atoms with Crippen molar-refractivity contribution in [3.8, 4) is 0 Å². The molecule has 0 aromatic rings. The van der Waals surface area contributed by atoms with Crippen LogP contribution in [0.4, 0.5) is 4.79 Å². The molecule has 0 aromatic carbocycles. The zero-order valence-corrected chi connectivity index (χ0v) is 11.8. The van der Waals surface area contributed by atoms with Crippen LogP contribution in [0.2, 0.25) is 0 Å². The van der Waals surface area contributed by atoms with Gasteiger partial charge in [0, 0.05) is 19.0 Å². The summed E-state index contributed by atoms with van der Waals surface area (Å²) in [6, 6.07) is -1.12. The number of rotatable bonds is 9. The van der Waals surface area contributed by atoms with Crippen LogP contribution >= 0.6 is 0 Å². The molecule has 7 nitrogen and oxygen atoms in total. The second-order valence-corrected chi connectivity index (χ2v) is 5.03. The molecule has 0 aliphatic heterocycles. The van der Waals surface area contributed by atoms with Crippen LogP contribution in [0, 0.1) is 0 Å². The molecule has 1 aliphatic rings. The minimum absolute atomic E-state index is 0.0893. The lowest BCUT2D eigenvalue weighted by Crippen LogP contribution is -2.46. The number of unbranched alkanes of at least 4 members (excludes halogenated alkanes) is 1. The van der Waals surface area contributed by atoms with Crippen LogP contribution in [0.15, 0.2) is 0 Å². The highest BCUT2D eigenvalue weighted by atomic mass is 16.4. The summed E-state index contributed by atoms with van der Waals surface area (Å²) >= 11 is 0. The number of hydrogen-bond donors (Lipinski definition) is 4. The van der Waals surface area contributed by atoms with Gasteiger partial charge in [0.2, 0.25) is 5.91 Å². The van der Waals surface area contributed by atoms with Crippen molar-refractivity contribution in [3.63, 3.8) is 0 Å². The van der Waals surface area contributed by atoms with Crippen LogP contribution in [-0.2, 0) is 9.59 Å². The van der Waals surface area contributed by atoms with E-state index in [4.69, 9.17) is 5.11 Å². The molecular formula is C13H23N3O4. The van der Waals surface area contributed by atoms with Crippen molar-refractivity contribution in [2.75, 3.05) is 6.54 Å². The molecule has 114 valence electrons. The van der Waals surface area contributed by atoms with E-state index < -0.39 is 18.0 Å². The fourth-order valence-corrected chi connectivity index (χ4v) is 1.69. The minimum atomic E-state index is -1.04. The number of nitrogens with one attached hydrogen (secondary N) is 3. The van der Waals surface area contributed by atoms with E-state index in [1.807, 2.05) is 6.92 Å². The smallest absolute Gasteiger partial charge is 0.326 e. The average Bonchev–Trinajstić information content (AvgIpc) is 3.17. The Hall–Kier alpha value is -1.79. The number of urea groups is 1. The van der Waals surface area contributed by atoms with Gasteiger partial charge < -0.3 is 21.1 Å². The predicted molar refractivity (Wildman–Crippen MR) is 73.3 cm³/mol. The molecule has 0 aromatic heterocycles. The predicted octanol–water partition coefficient (Wildman–Crippen LogP) is 0.598. The third kappa shape index (κ3) is 6.96.